The van der Waals surface area contributed by atoms with Crippen molar-refractivity contribution in [3.05, 3.63) is 48.0 Å². The summed E-state index contributed by atoms with van der Waals surface area (Å²) >= 11 is 1.30. The molecule has 1 atom stereocenters. The summed E-state index contributed by atoms with van der Waals surface area (Å²) in [6.07, 6.45) is 3.53. The predicted octanol–water partition coefficient (Wildman–Crippen LogP) is 2.07. The Morgan fingerprint density at radius 1 is 1.48 bits per heavy atom. The molecule has 0 fully saturated rings. The number of benzene rings is 1. The summed E-state index contributed by atoms with van der Waals surface area (Å²) in [6.45, 7) is 1.72. The van der Waals surface area contributed by atoms with Crippen molar-refractivity contribution < 1.29 is 14.3 Å². The first kappa shape index (κ1) is 17.5. The molecular weight excluding hydrogens is 317 g/mol. The Kier molecular flexibility index (Phi) is 5.79. The van der Waals surface area contributed by atoms with Crippen LogP contribution in [-0.4, -0.2) is 33.1 Å². The molecule has 1 aromatic heterocycles. The fraction of sp³-hybridized carbons (Fsp3) is 0.375. The Morgan fingerprint density at radius 2 is 2.22 bits per heavy atom. The van der Waals surface area contributed by atoms with Crippen LogP contribution >= 0.6 is 11.8 Å². The largest absolute Gasteiger partial charge is 0.383 e. The fourth-order valence-corrected chi connectivity index (χ4v) is 2.86. The molecule has 5 nitrogen and oxygen atoms in total. The number of hydrogen-bond donors (Lipinski definition) is 2. The molecule has 2 rings (SSSR count). The summed E-state index contributed by atoms with van der Waals surface area (Å²) in [7, 11) is 1.76. The molecule has 1 aromatic carbocycles. The SMILES string of the molecule is Cn1cc(C(C)(O)CNC(=O)CCSc2ccccc2F)cn1. The molecule has 23 heavy (non-hydrogen) atoms. The van der Waals surface area contributed by atoms with Crippen molar-refractivity contribution in [1.29, 1.82) is 0 Å². The molecule has 2 aromatic rings. The van der Waals surface area contributed by atoms with Gasteiger partial charge in [0.05, 0.1) is 12.7 Å². The summed E-state index contributed by atoms with van der Waals surface area (Å²) in [4.78, 5) is 12.4. The smallest absolute Gasteiger partial charge is 0.220 e. The first-order valence-electron chi connectivity index (χ1n) is 7.24. The second-order valence-corrected chi connectivity index (χ2v) is 6.62. The molecule has 1 unspecified atom stereocenters. The van der Waals surface area contributed by atoms with Gasteiger partial charge in [-0.1, -0.05) is 12.1 Å². The lowest BCUT2D eigenvalue weighted by atomic mass is 10.00. The van der Waals surface area contributed by atoms with Gasteiger partial charge in [0.1, 0.15) is 11.4 Å². The third-order valence-electron chi connectivity index (χ3n) is 3.38. The van der Waals surface area contributed by atoms with Gasteiger partial charge < -0.3 is 10.4 Å². The van der Waals surface area contributed by atoms with Crippen molar-refractivity contribution in [2.75, 3.05) is 12.3 Å². The Labute approximate surface area is 138 Å². The average Bonchev–Trinajstić information content (AvgIpc) is 2.95. The summed E-state index contributed by atoms with van der Waals surface area (Å²) in [5, 5.41) is 17.1. The average molecular weight is 337 g/mol. The summed E-state index contributed by atoms with van der Waals surface area (Å²) in [6, 6.07) is 6.47. The van der Waals surface area contributed by atoms with Crippen LogP contribution in [0.5, 0.6) is 0 Å². The molecule has 0 aliphatic rings. The minimum absolute atomic E-state index is 0.0991. The standard InChI is InChI=1S/C16H20FN3O2S/c1-16(22,12-9-19-20(2)10-12)11-18-15(21)7-8-23-14-6-4-3-5-13(14)17/h3-6,9-10,22H,7-8,11H2,1-2H3,(H,18,21). The first-order chi connectivity index (χ1) is 10.9. The van der Waals surface area contributed by atoms with Gasteiger partial charge >= 0.3 is 0 Å². The van der Waals surface area contributed by atoms with Crippen LogP contribution in [0.1, 0.15) is 18.9 Å². The van der Waals surface area contributed by atoms with Crippen LogP contribution in [-0.2, 0) is 17.4 Å². The third kappa shape index (κ3) is 5.07. The summed E-state index contributed by atoms with van der Waals surface area (Å²) < 4.78 is 15.0. The van der Waals surface area contributed by atoms with E-state index in [1.54, 1.807) is 49.2 Å². The van der Waals surface area contributed by atoms with Gasteiger partial charge in [0, 0.05) is 35.9 Å². The lowest BCUT2D eigenvalue weighted by Gasteiger charge is -2.22. The highest BCUT2D eigenvalue weighted by Crippen LogP contribution is 2.22. The van der Waals surface area contributed by atoms with Crippen LogP contribution in [0, 0.1) is 5.82 Å². The maximum atomic E-state index is 13.4. The van der Waals surface area contributed by atoms with Crippen molar-refractivity contribution in [2.24, 2.45) is 7.05 Å². The summed E-state index contributed by atoms with van der Waals surface area (Å²) in [5.74, 6) is 0.0114. The summed E-state index contributed by atoms with van der Waals surface area (Å²) in [5.41, 5.74) is -0.538. The van der Waals surface area contributed by atoms with Gasteiger partial charge in [0.25, 0.3) is 0 Å². The number of rotatable bonds is 7. The van der Waals surface area contributed by atoms with E-state index in [2.05, 4.69) is 10.4 Å². The van der Waals surface area contributed by atoms with Crippen molar-refractivity contribution in [2.45, 2.75) is 23.8 Å². The van der Waals surface area contributed by atoms with Crippen molar-refractivity contribution in [3.8, 4) is 0 Å². The molecule has 1 amide bonds. The zero-order chi connectivity index (χ0) is 16.9. The number of thioether (sulfide) groups is 1. The van der Waals surface area contributed by atoms with E-state index in [1.165, 1.54) is 17.8 Å². The number of aryl methyl sites for hydroxylation is 1. The molecule has 0 aliphatic carbocycles. The number of amides is 1. The predicted molar refractivity (Wildman–Crippen MR) is 87.5 cm³/mol. The Hall–Kier alpha value is -1.86. The molecule has 1 heterocycles. The number of carbonyl (C=O) groups excluding carboxylic acids is 1. The van der Waals surface area contributed by atoms with Crippen LogP contribution in [0.25, 0.3) is 0 Å². The molecule has 2 N–H and O–H groups in total. The molecule has 0 radical (unpaired) electrons. The van der Waals surface area contributed by atoms with Gasteiger partial charge in [-0.15, -0.1) is 11.8 Å². The normalized spacial score (nSPS) is 13.6. The number of aromatic nitrogens is 2. The Morgan fingerprint density at radius 3 is 2.87 bits per heavy atom. The highest BCUT2D eigenvalue weighted by atomic mass is 32.2. The first-order valence-corrected chi connectivity index (χ1v) is 8.22. The lowest BCUT2D eigenvalue weighted by molar-refractivity contribution is -0.121. The monoisotopic (exact) mass is 337 g/mol. The topological polar surface area (TPSA) is 67.2 Å². The number of nitrogens with zero attached hydrogens (tertiary/aromatic N) is 2. The second-order valence-electron chi connectivity index (χ2n) is 5.48. The third-order valence-corrected chi connectivity index (χ3v) is 4.43. The molecule has 7 heteroatoms. The zero-order valence-electron chi connectivity index (χ0n) is 13.1. The fourth-order valence-electron chi connectivity index (χ4n) is 1.98. The van der Waals surface area contributed by atoms with Gasteiger partial charge in [-0.05, 0) is 19.1 Å². The van der Waals surface area contributed by atoms with Crippen LogP contribution < -0.4 is 5.32 Å². The van der Waals surface area contributed by atoms with E-state index in [-0.39, 0.29) is 24.7 Å². The van der Waals surface area contributed by atoms with Gasteiger partial charge in [0.2, 0.25) is 5.91 Å². The molecule has 0 saturated carbocycles. The van der Waals surface area contributed by atoms with Crippen LogP contribution in [0.3, 0.4) is 0 Å². The van der Waals surface area contributed by atoms with Crippen molar-refractivity contribution in [3.63, 3.8) is 0 Å². The van der Waals surface area contributed by atoms with E-state index in [9.17, 15) is 14.3 Å². The van der Waals surface area contributed by atoms with E-state index in [0.29, 0.717) is 16.2 Å². The Bertz CT molecular complexity index is 673. The number of aliphatic hydroxyl groups is 1. The second kappa shape index (κ2) is 7.61. The highest BCUT2D eigenvalue weighted by molar-refractivity contribution is 7.99. The minimum Gasteiger partial charge on any atom is -0.383 e. The van der Waals surface area contributed by atoms with Crippen LogP contribution in [0.2, 0.25) is 0 Å². The molecule has 0 aliphatic heterocycles. The molecule has 0 spiro atoms. The van der Waals surface area contributed by atoms with Gasteiger partial charge in [-0.25, -0.2) is 4.39 Å². The van der Waals surface area contributed by atoms with Gasteiger partial charge in [-0.3, -0.25) is 9.48 Å². The molecule has 0 saturated heterocycles. The van der Waals surface area contributed by atoms with Gasteiger partial charge in [-0.2, -0.15) is 5.10 Å². The highest BCUT2D eigenvalue weighted by Gasteiger charge is 2.25. The number of carbonyl (C=O) groups is 1. The maximum absolute atomic E-state index is 13.4. The van der Waals surface area contributed by atoms with E-state index in [1.807, 2.05) is 0 Å². The maximum Gasteiger partial charge on any atom is 0.220 e. The number of halogens is 1. The quantitative estimate of drug-likeness (QED) is 0.759. The molecular formula is C16H20FN3O2S. The van der Waals surface area contributed by atoms with E-state index < -0.39 is 5.60 Å². The number of hydrogen-bond acceptors (Lipinski definition) is 4. The van der Waals surface area contributed by atoms with Crippen molar-refractivity contribution in [1.82, 2.24) is 15.1 Å². The van der Waals surface area contributed by atoms with Crippen LogP contribution in [0.15, 0.2) is 41.6 Å². The van der Waals surface area contributed by atoms with E-state index >= 15 is 0 Å². The number of nitrogens with one attached hydrogen (secondary N) is 1. The lowest BCUT2D eigenvalue weighted by Crippen LogP contribution is -2.38. The van der Waals surface area contributed by atoms with Gasteiger partial charge in [0.15, 0.2) is 0 Å². The van der Waals surface area contributed by atoms with E-state index in [4.69, 9.17) is 0 Å². The Balaban J connectivity index is 1.76. The zero-order valence-corrected chi connectivity index (χ0v) is 13.9. The molecule has 124 valence electrons. The molecule has 0 bridgehead atoms. The minimum atomic E-state index is -1.18. The van der Waals surface area contributed by atoms with Crippen molar-refractivity contribution >= 4 is 17.7 Å². The van der Waals surface area contributed by atoms with Crippen LogP contribution in [0.4, 0.5) is 4.39 Å². The van der Waals surface area contributed by atoms with E-state index in [0.717, 1.165) is 0 Å².